The van der Waals surface area contributed by atoms with Crippen LogP contribution in [0.25, 0.3) is 39.2 Å². The molecule has 0 radical (unpaired) electrons. The fourth-order valence-electron chi connectivity index (χ4n) is 5.94. The zero-order valence-corrected chi connectivity index (χ0v) is 21.4. The summed E-state index contributed by atoms with van der Waals surface area (Å²) in [5.41, 5.74) is 3.24. The third-order valence-electron chi connectivity index (χ3n) is 7.93. The molecule has 10 heteroatoms. The number of H-pyrrole nitrogens is 1. The van der Waals surface area contributed by atoms with Gasteiger partial charge in [0.05, 0.1) is 5.69 Å². The van der Waals surface area contributed by atoms with Crippen LogP contribution in [0.4, 0.5) is 14.6 Å². The minimum absolute atomic E-state index is 0.0400. The number of hydrogen-bond acceptors (Lipinski definition) is 6. The lowest BCUT2D eigenvalue weighted by atomic mass is 10.1. The minimum Gasteiger partial charge on any atom is -0.352 e. The number of nitrogens with zero attached hydrogens (tertiary/aromatic N) is 7. The van der Waals surface area contributed by atoms with E-state index in [9.17, 15) is 8.78 Å². The molecule has 2 saturated heterocycles. The predicted octanol–water partition coefficient (Wildman–Crippen LogP) is 5.22. The molecule has 39 heavy (non-hydrogen) atoms. The van der Waals surface area contributed by atoms with E-state index >= 15 is 0 Å². The first-order valence-electron chi connectivity index (χ1n) is 13.4. The van der Waals surface area contributed by atoms with Crippen LogP contribution in [0.3, 0.4) is 0 Å². The van der Waals surface area contributed by atoms with Crippen molar-refractivity contribution in [2.24, 2.45) is 0 Å². The van der Waals surface area contributed by atoms with Crippen molar-refractivity contribution in [2.45, 2.75) is 31.7 Å². The lowest BCUT2D eigenvalue weighted by molar-refractivity contribution is 0.313. The number of fused-ring (bicyclic) bond motifs is 1. The molecule has 4 aromatic heterocycles. The van der Waals surface area contributed by atoms with Gasteiger partial charge in [0.25, 0.3) is 0 Å². The van der Waals surface area contributed by atoms with Gasteiger partial charge in [0.2, 0.25) is 0 Å². The van der Waals surface area contributed by atoms with Gasteiger partial charge in [0.15, 0.2) is 17.5 Å². The molecule has 8 nitrogen and oxygen atoms in total. The molecule has 0 aliphatic carbocycles. The molecule has 6 heterocycles. The van der Waals surface area contributed by atoms with Gasteiger partial charge in [0, 0.05) is 59.8 Å². The number of hydrogen-bond donors (Lipinski definition) is 1. The van der Waals surface area contributed by atoms with Crippen molar-refractivity contribution in [2.75, 3.05) is 31.1 Å². The average Bonchev–Trinajstić information content (AvgIpc) is 3.77. The molecule has 7 rings (SSSR count). The number of benzene rings is 1. The Bertz CT molecular complexity index is 1620. The van der Waals surface area contributed by atoms with Crippen LogP contribution in [0, 0.1) is 11.6 Å². The molecular weight excluding hydrogens is 498 g/mol. The molecule has 0 unspecified atom stereocenters. The number of likely N-dealkylation sites (tertiary alicyclic amines) is 1. The summed E-state index contributed by atoms with van der Waals surface area (Å²) in [5.74, 6) is -0.482. The fraction of sp³-hybridized carbons (Fsp3) is 0.310. The largest absolute Gasteiger partial charge is 0.352 e. The number of aromatic amines is 1. The van der Waals surface area contributed by atoms with Gasteiger partial charge in [-0.2, -0.15) is 0 Å². The van der Waals surface area contributed by atoms with Crippen molar-refractivity contribution in [3.63, 3.8) is 0 Å². The number of pyridine rings is 2. The van der Waals surface area contributed by atoms with E-state index in [1.54, 1.807) is 6.20 Å². The molecule has 5 aromatic rings. The topological polar surface area (TPSA) is 78.8 Å². The third-order valence-corrected chi connectivity index (χ3v) is 7.93. The van der Waals surface area contributed by atoms with Crippen LogP contribution in [-0.2, 0) is 0 Å². The van der Waals surface area contributed by atoms with Crippen molar-refractivity contribution >= 4 is 16.9 Å². The summed E-state index contributed by atoms with van der Waals surface area (Å²) < 4.78 is 29.9. The zero-order valence-electron chi connectivity index (χ0n) is 21.4. The molecule has 198 valence electrons. The number of nitrogens with one attached hydrogen (secondary N) is 1. The summed E-state index contributed by atoms with van der Waals surface area (Å²) in [6.07, 6.45) is 11.9. The average molecular weight is 527 g/mol. The number of halogens is 2. The van der Waals surface area contributed by atoms with Crippen LogP contribution in [0.2, 0.25) is 0 Å². The highest BCUT2D eigenvalue weighted by atomic mass is 19.2. The highest BCUT2D eigenvalue weighted by Gasteiger charge is 2.28. The van der Waals surface area contributed by atoms with Crippen LogP contribution < -0.4 is 4.90 Å². The summed E-state index contributed by atoms with van der Waals surface area (Å²) in [5, 5.41) is 8.98. The Kier molecular flexibility index (Phi) is 6.04. The van der Waals surface area contributed by atoms with Gasteiger partial charge in [-0.3, -0.25) is 4.57 Å². The Morgan fingerprint density at radius 3 is 2.67 bits per heavy atom. The van der Waals surface area contributed by atoms with Gasteiger partial charge in [0.1, 0.15) is 17.8 Å². The second kappa shape index (κ2) is 9.85. The third kappa shape index (κ3) is 4.34. The van der Waals surface area contributed by atoms with E-state index in [-0.39, 0.29) is 5.69 Å². The predicted molar refractivity (Wildman–Crippen MR) is 146 cm³/mol. The van der Waals surface area contributed by atoms with Crippen molar-refractivity contribution < 1.29 is 8.78 Å². The lowest BCUT2D eigenvalue weighted by Crippen LogP contribution is -2.39. The van der Waals surface area contributed by atoms with Crippen molar-refractivity contribution in [3.05, 3.63) is 73.0 Å². The van der Waals surface area contributed by atoms with E-state index in [1.807, 2.05) is 18.5 Å². The van der Waals surface area contributed by atoms with Gasteiger partial charge >= 0.3 is 0 Å². The smallest absolute Gasteiger partial charge is 0.182 e. The maximum absolute atomic E-state index is 14.6. The first-order chi connectivity index (χ1) is 19.2. The minimum atomic E-state index is -0.955. The molecule has 1 N–H and O–H groups in total. The highest BCUT2D eigenvalue weighted by molar-refractivity contribution is 5.94. The molecule has 2 aliphatic heterocycles. The molecule has 0 saturated carbocycles. The second-order valence-electron chi connectivity index (χ2n) is 10.3. The standard InChI is InChI=1S/C29H28F2N8/c30-24-6-3-7-25(27(24)31)39-18-35-36-29(39)23-16-34-28-22(23)13-20(15-33-28)19-8-9-26(32-14-19)38-12-4-5-21(38)17-37-10-1-2-11-37/h3,6-9,13-16,18,21H,1-2,4-5,10-12,17H2,(H,33,34)/t21-/m0/s1. The molecule has 1 atom stereocenters. The van der Waals surface area contributed by atoms with Crippen molar-refractivity contribution in [3.8, 4) is 28.2 Å². The van der Waals surface area contributed by atoms with Crippen LogP contribution in [-0.4, -0.2) is 66.8 Å². The molecule has 0 amide bonds. The van der Waals surface area contributed by atoms with E-state index in [2.05, 4.69) is 42.1 Å². The number of anilines is 1. The molecular formula is C29H28F2N8. The van der Waals surface area contributed by atoms with Crippen LogP contribution in [0.5, 0.6) is 0 Å². The molecule has 2 fully saturated rings. The number of rotatable bonds is 6. The summed E-state index contributed by atoms with van der Waals surface area (Å²) in [4.78, 5) is 17.6. The van der Waals surface area contributed by atoms with E-state index in [1.165, 1.54) is 61.8 Å². The summed E-state index contributed by atoms with van der Waals surface area (Å²) in [7, 11) is 0. The Labute approximate surface area is 224 Å². The van der Waals surface area contributed by atoms with E-state index in [4.69, 9.17) is 4.98 Å². The molecule has 0 spiro atoms. The van der Waals surface area contributed by atoms with Crippen LogP contribution in [0.15, 0.2) is 61.3 Å². The van der Waals surface area contributed by atoms with Crippen LogP contribution in [0.1, 0.15) is 25.7 Å². The highest BCUT2D eigenvalue weighted by Crippen LogP contribution is 2.33. The van der Waals surface area contributed by atoms with E-state index < -0.39 is 11.6 Å². The van der Waals surface area contributed by atoms with Crippen LogP contribution >= 0.6 is 0 Å². The Balaban J connectivity index is 1.18. The quantitative estimate of drug-likeness (QED) is 0.327. The normalized spacial score (nSPS) is 18.0. The van der Waals surface area contributed by atoms with E-state index in [0.29, 0.717) is 23.1 Å². The SMILES string of the molecule is Fc1cccc(-n2cnnc2-c2c[nH]c3ncc(-c4ccc(N5CCC[C@H]5CN5CCCC5)nc4)cc23)c1F. The molecule has 1 aromatic carbocycles. The monoisotopic (exact) mass is 526 g/mol. The Morgan fingerprint density at radius 2 is 1.82 bits per heavy atom. The first kappa shape index (κ1) is 23.9. The summed E-state index contributed by atoms with van der Waals surface area (Å²) >= 11 is 0. The fourth-order valence-corrected chi connectivity index (χ4v) is 5.94. The summed E-state index contributed by atoms with van der Waals surface area (Å²) in [6, 6.07) is 10.8. The van der Waals surface area contributed by atoms with Crippen molar-refractivity contribution in [1.29, 1.82) is 0 Å². The maximum atomic E-state index is 14.6. The number of aromatic nitrogens is 6. The first-order valence-corrected chi connectivity index (χ1v) is 13.4. The van der Waals surface area contributed by atoms with E-state index in [0.717, 1.165) is 41.5 Å². The molecule has 0 bridgehead atoms. The summed E-state index contributed by atoms with van der Waals surface area (Å²) in [6.45, 7) is 4.57. The van der Waals surface area contributed by atoms with Gasteiger partial charge in [-0.1, -0.05) is 6.07 Å². The Morgan fingerprint density at radius 1 is 0.949 bits per heavy atom. The lowest BCUT2D eigenvalue weighted by Gasteiger charge is -2.29. The van der Waals surface area contributed by atoms with Gasteiger partial charge < -0.3 is 14.8 Å². The zero-order chi connectivity index (χ0) is 26.3. The maximum Gasteiger partial charge on any atom is 0.182 e. The van der Waals surface area contributed by atoms with Gasteiger partial charge in [-0.25, -0.2) is 18.7 Å². The second-order valence-corrected chi connectivity index (χ2v) is 10.3. The van der Waals surface area contributed by atoms with Crippen molar-refractivity contribution in [1.82, 2.24) is 34.6 Å². The van der Waals surface area contributed by atoms with Gasteiger partial charge in [-0.05, 0) is 69.1 Å². The molecule has 2 aliphatic rings. The Hall–Kier alpha value is -4.18. The van der Waals surface area contributed by atoms with Gasteiger partial charge in [-0.15, -0.1) is 10.2 Å².